The van der Waals surface area contributed by atoms with Crippen LogP contribution in [0.15, 0.2) is 0 Å². The molecule has 4 nitrogen and oxygen atoms in total. The van der Waals surface area contributed by atoms with E-state index in [2.05, 4.69) is 19.2 Å². The van der Waals surface area contributed by atoms with Crippen LogP contribution in [0, 0.1) is 11.8 Å². The average molecular weight is 215 g/mol. The summed E-state index contributed by atoms with van der Waals surface area (Å²) in [4.78, 5) is 13.7. The van der Waals surface area contributed by atoms with Crippen LogP contribution in [0.4, 0.5) is 0 Å². The summed E-state index contributed by atoms with van der Waals surface area (Å²) in [5.74, 6) is 0.661. The second kappa shape index (κ2) is 7.65. The fourth-order valence-electron chi connectivity index (χ4n) is 1.57. The Morgan fingerprint density at radius 1 is 1.47 bits per heavy atom. The van der Waals surface area contributed by atoms with Crippen LogP contribution >= 0.6 is 0 Å². The van der Waals surface area contributed by atoms with Crippen LogP contribution in [0.25, 0.3) is 0 Å². The third-order valence-electron chi connectivity index (χ3n) is 2.46. The maximum absolute atomic E-state index is 11.9. The molecule has 1 atom stereocenters. The molecular formula is C11H25N3O. The number of hydrogen-bond donors (Lipinski definition) is 2. The van der Waals surface area contributed by atoms with Crippen LogP contribution in [-0.2, 0) is 4.79 Å². The maximum Gasteiger partial charge on any atom is 0.226 e. The van der Waals surface area contributed by atoms with Gasteiger partial charge in [0.15, 0.2) is 0 Å². The summed E-state index contributed by atoms with van der Waals surface area (Å²) in [5.41, 5.74) is 5.63. The summed E-state index contributed by atoms with van der Waals surface area (Å²) in [7, 11) is 3.72. The third-order valence-corrected chi connectivity index (χ3v) is 2.46. The molecule has 0 radical (unpaired) electrons. The normalized spacial score (nSPS) is 12.9. The van der Waals surface area contributed by atoms with Crippen LogP contribution in [0.3, 0.4) is 0 Å². The highest BCUT2D eigenvalue weighted by Crippen LogP contribution is 2.12. The largest absolute Gasteiger partial charge is 0.344 e. The molecule has 0 aliphatic rings. The summed E-state index contributed by atoms with van der Waals surface area (Å²) in [6.45, 7) is 6.24. The lowest BCUT2D eigenvalue weighted by Crippen LogP contribution is -2.40. The van der Waals surface area contributed by atoms with Crippen molar-refractivity contribution in [2.45, 2.75) is 20.3 Å². The van der Waals surface area contributed by atoms with Gasteiger partial charge in [-0.15, -0.1) is 0 Å². The van der Waals surface area contributed by atoms with Crippen molar-refractivity contribution in [1.82, 2.24) is 10.2 Å². The van der Waals surface area contributed by atoms with Gasteiger partial charge in [0.05, 0.1) is 5.92 Å². The zero-order chi connectivity index (χ0) is 11.8. The molecule has 1 unspecified atom stereocenters. The van der Waals surface area contributed by atoms with Crippen molar-refractivity contribution in [1.29, 1.82) is 0 Å². The van der Waals surface area contributed by atoms with Crippen molar-refractivity contribution in [2.24, 2.45) is 17.6 Å². The van der Waals surface area contributed by atoms with Gasteiger partial charge in [-0.3, -0.25) is 4.79 Å². The first-order valence-electron chi connectivity index (χ1n) is 5.62. The number of hydrogen-bond acceptors (Lipinski definition) is 3. The highest BCUT2D eigenvalue weighted by Gasteiger charge is 2.21. The van der Waals surface area contributed by atoms with Gasteiger partial charge in [-0.1, -0.05) is 13.8 Å². The van der Waals surface area contributed by atoms with Crippen molar-refractivity contribution in [2.75, 3.05) is 33.7 Å². The molecule has 0 aliphatic carbocycles. The molecular weight excluding hydrogens is 190 g/mol. The van der Waals surface area contributed by atoms with E-state index in [0.717, 1.165) is 19.5 Å². The standard InChI is InChI=1S/C11H25N3O/c1-9(2)7-10(8-12)11(15)14(4)6-5-13-3/h9-10,13H,5-8,12H2,1-4H3. The summed E-state index contributed by atoms with van der Waals surface area (Å²) in [6.07, 6.45) is 0.874. The zero-order valence-electron chi connectivity index (χ0n) is 10.4. The number of rotatable bonds is 7. The molecule has 0 fully saturated rings. The van der Waals surface area contributed by atoms with Crippen molar-refractivity contribution >= 4 is 5.91 Å². The predicted octanol–water partition coefficient (Wildman–Crippen LogP) is 0.285. The molecule has 4 heteroatoms. The Balaban J connectivity index is 4.12. The van der Waals surface area contributed by atoms with Gasteiger partial charge in [-0.2, -0.15) is 0 Å². The summed E-state index contributed by atoms with van der Waals surface area (Å²) in [6, 6.07) is 0. The smallest absolute Gasteiger partial charge is 0.226 e. The van der Waals surface area contributed by atoms with Gasteiger partial charge in [0.25, 0.3) is 0 Å². The molecule has 90 valence electrons. The Labute approximate surface area is 93.2 Å². The second-order valence-electron chi connectivity index (χ2n) is 4.43. The van der Waals surface area contributed by atoms with Crippen LogP contribution in [-0.4, -0.2) is 44.5 Å². The predicted molar refractivity (Wildman–Crippen MR) is 63.6 cm³/mol. The van der Waals surface area contributed by atoms with Crippen molar-refractivity contribution in [3.05, 3.63) is 0 Å². The van der Waals surface area contributed by atoms with E-state index in [-0.39, 0.29) is 11.8 Å². The molecule has 0 aliphatic heterocycles. The molecule has 0 saturated heterocycles. The van der Waals surface area contributed by atoms with Gasteiger partial charge >= 0.3 is 0 Å². The third kappa shape index (κ3) is 5.74. The van der Waals surface area contributed by atoms with E-state index in [4.69, 9.17) is 5.73 Å². The molecule has 1 amide bonds. The van der Waals surface area contributed by atoms with E-state index >= 15 is 0 Å². The van der Waals surface area contributed by atoms with E-state index < -0.39 is 0 Å². The van der Waals surface area contributed by atoms with Gasteiger partial charge in [-0.05, 0) is 19.4 Å². The van der Waals surface area contributed by atoms with Crippen molar-refractivity contribution < 1.29 is 4.79 Å². The zero-order valence-corrected chi connectivity index (χ0v) is 10.4. The fraction of sp³-hybridized carbons (Fsp3) is 0.909. The first kappa shape index (κ1) is 14.4. The Hall–Kier alpha value is -0.610. The SMILES string of the molecule is CNCCN(C)C(=O)C(CN)CC(C)C. The number of nitrogens with two attached hydrogens (primary N) is 1. The Bertz CT molecular complexity index is 183. The number of carbonyl (C=O) groups is 1. The van der Waals surface area contributed by atoms with Crippen molar-refractivity contribution in [3.63, 3.8) is 0 Å². The van der Waals surface area contributed by atoms with E-state index in [1.54, 1.807) is 4.90 Å². The van der Waals surface area contributed by atoms with E-state index in [1.807, 2.05) is 14.1 Å². The maximum atomic E-state index is 11.9. The monoisotopic (exact) mass is 215 g/mol. The highest BCUT2D eigenvalue weighted by atomic mass is 16.2. The van der Waals surface area contributed by atoms with Crippen LogP contribution in [0.2, 0.25) is 0 Å². The minimum Gasteiger partial charge on any atom is -0.344 e. The lowest BCUT2D eigenvalue weighted by atomic mass is 9.96. The number of carbonyl (C=O) groups excluding carboxylic acids is 1. The molecule has 0 saturated carbocycles. The molecule has 0 aromatic rings. The van der Waals surface area contributed by atoms with Gasteiger partial charge < -0.3 is 16.0 Å². The van der Waals surface area contributed by atoms with E-state index in [1.165, 1.54) is 0 Å². The van der Waals surface area contributed by atoms with Gasteiger partial charge in [0.1, 0.15) is 0 Å². The summed E-state index contributed by atoms with van der Waals surface area (Å²) in [5, 5.41) is 3.03. The summed E-state index contributed by atoms with van der Waals surface area (Å²) < 4.78 is 0. The molecule has 0 spiro atoms. The molecule has 0 aromatic carbocycles. The van der Waals surface area contributed by atoms with Gasteiger partial charge in [0, 0.05) is 26.7 Å². The van der Waals surface area contributed by atoms with Crippen LogP contribution in [0.5, 0.6) is 0 Å². The lowest BCUT2D eigenvalue weighted by molar-refractivity contribution is -0.134. The average Bonchev–Trinajstić information content (AvgIpc) is 2.21. The molecule has 0 rings (SSSR count). The quantitative estimate of drug-likeness (QED) is 0.641. The van der Waals surface area contributed by atoms with E-state index in [9.17, 15) is 4.79 Å². The molecule has 0 bridgehead atoms. The first-order chi connectivity index (χ1) is 7.02. The van der Waals surface area contributed by atoms with Crippen LogP contribution < -0.4 is 11.1 Å². The number of amides is 1. The topological polar surface area (TPSA) is 58.4 Å². The molecule has 15 heavy (non-hydrogen) atoms. The van der Waals surface area contributed by atoms with Crippen molar-refractivity contribution in [3.8, 4) is 0 Å². The van der Waals surface area contributed by atoms with E-state index in [0.29, 0.717) is 12.5 Å². The molecule has 0 aromatic heterocycles. The number of likely N-dealkylation sites (N-methyl/N-ethyl adjacent to an activating group) is 2. The number of nitrogens with zero attached hydrogens (tertiary/aromatic N) is 1. The fourth-order valence-corrected chi connectivity index (χ4v) is 1.57. The summed E-state index contributed by atoms with van der Waals surface area (Å²) >= 11 is 0. The minimum absolute atomic E-state index is 0.0214. The lowest BCUT2D eigenvalue weighted by Gasteiger charge is -2.23. The van der Waals surface area contributed by atoms with Gasteiger partial charge in [-0.25, -0.2) is 0 Å². The second-order valence-corrected chi connectivity index (χ2v) is 4.43. The van der Waals surface area contributed by atoms with Gasteiger partial charge in [0.2, 0.25) is 5.91 Å². The first-order valence-corrected chi connectivity index (χ1v) is 5.62. The Morgan fingerprint density at radius 3 is 2.47 bits per heavy atom. The highest BCUT2D eigenvalue weighted by molar-refractivity contribution is 5.78. The Kier molecular flexibility index (Phi) is 7.34. The molecule has 3 N–H and O–H groups in total. The Morgan fingerprint density at radius 2 is 2.07 bits per heavy atom. The van der Waals surface area contributed by atoms with Crippen LogP contribution in [0.1, 0.15) is 20.3 Å². The molecule has 0 heterocycles. The number of nitrogens with one attached hydrogen (secondary N) is 1. The minimum atomic E-state index is -0.0214.